The first-order valence-electron chi connectivity index (χ1n) is 31.5. The van der Waals surface area contributed by atoms with Gasteiger partial charge in [-0.3, -0.25) is 0 Å². The fourth-order valence-corrected chi connectivity index (χ4v) is 16.0. The van der Waals surface area contributed by atoms with E-state index in [-0.39, 0.29) is 13.4 Å². The summed E-state index contributed by atoms with van der Waals surface area (Å²) in [5, 5.41) is 0. The monoisotopic (exact) mass is 1190 g/mol. The number of anilines is 12. The minimum Gasteiger partial charge on any atom is -0.458 e. The average molecular weight is 1190 g/mol. The second-order valence-electron chi connectivity index (χ2n) is 23.9. The van der Waals surface area contributed by atoms with Gasteiger partial charge in [-0.05, 0) is 135 Å². The van der Waals surface area contributed by atoms with Gasteiger partial charge in [-0.25, -0.2) is 0 Å². The molecule has 92 heavy (non-hydrogen) atoms. The summed E-state index contributed by atoms with van der Waals surface area (Å²) in [6, 6.07) is 124. The van der Waals surface area contributed by atoms with Gasteiger partial charge in [0, 0.05) is 78.0 Å². The van der Waals surface area contributed by atoms with Gasteiger partial charge in [-0.15, -0.1) is 0 Å². The topological polar surface area (TPSA) is 22.2 Å². The highest BCUT2D eigenvalue weighted by Crippen LogP contribution is 2.53. The molecule has 18 rings (SSSR count). The van der Waals surface area contributed by atoms with E-state index in [1.807, 2.05) is 11.8 Å². The number of para-hydroxylation sites is 7. The fourth-order valence-electron chi connectivity index (χ4n) is 14.8. The first-order valence-corrected chi connectivity index (χ1v) is 32.4. The summed E-state index contributed by atoms with van der Waals surface area (Å²) in [5.74, 6) is 1.68. The van der Waals surface area contributed by atoms with Crippen LogP contribution in [0.5, 0.6) is 11.5 Å². The Hall–Kier alpha value is -11.4. The maximum atomic E-state index is 7.42. The first kappa shape index (κ1) is 53.6. The standard InChI is InChI=1S/C84H56B2N4OS/c1-7-29-57(30-8-1)65-41-19-24-46-72(65)87(60-35-13-4-14-36-60)63-51-77-83-80(53-63)91-79-49-27-22-44-68(79)85(83)71-55-70-75(56-76(71)90(77)74-48-26-21-43-67(74)59-33-11-3-12-34-59)89(62-39-17-6-18-40-62)78-52-64(54-82-84(78)86(70)69-45-23-28-50-81(69)92-82)88(61-37-15-5-16-38-61)73-47-25-20-42-66(73)58-31-9-2-10-32-58/h1-56H. The van der Waals surface area contributed by atoms with Crippen molar-refractivity contribution in [3.05, 3.63) is 340 Å². The zero-order chi connectivity index (χ0) is 60.6. The lowest BCUT2D eigenvalue weighted by molar-refractivity contribution is 0.487. The van der Waals surface area contributed by atoms with Crippen LogP contribution in [0.15, 0.2) is 350 Å². The molecule has 0 spiro atoms. The van der Waals surface area contributed by atoms with Gasteiger partial charge in [-0.1, -0.05) is 260 Å². The highest BCUT2D eigenvalue weighted by atomic mass is 32.2. The molecule has 0 aromatic heterocycles. The number of rotatable bonds is 11. The fraction of sp³-hybridized carbons (Fsp3) is 0. The third-order valence-electron chi connectivity index (χ3n) is 18.7. The number of benzene rings is 14. The Morgan fingerprint density at radius 1 is 0.272 bits per heavy atom. The number of hydrogen-bond acceptors (Lipinski definition) is 6. The van der Waals surface area contributed by atoms with Crippen molar-refractivity contribution in [1.82, 2.24) is 0 Å². The molecular formula is C84H56B2N4OS. The molecule has 0 saturated carbocycles. The minimum absolute atomic E-state index is 0.110. The van der Waals surface area contributed by atoms with E-state index in [0.717, 1.165) is 124 Å². The van der Waals surface area contributed by atoms with E-state index in [0.29, 0.717) is 0 Å². The van der Waals surface area contributed by atoms with Crippen LogP contribution in [0.2, 0.25) is 0 Å². The molecule has 5 nitrogen and oxygen atoms in total. The molecule has 4 aliphatic rings. The molecule has 0 bridgehead atoms. The lowest BCUT2D eigenvalue weighted by Gasteiger charge is -2.45. The summed E-state index contributed by atoms with van der Waals surface area (Å²) in [5.41, 5.74) is 27.1. The zero-order valence-electron chi connectivity index (χ0n) is 50.1. The van der Waals surface area contributed by atoms with E-state index >= 15 is 0 Å². The number of ether oxygens (including phenoxy) is 1. The Bertz CT molecular complexity index is 5160. The van der Waals surface area contributed by atoms with E-state index in [4.69, 9.17) is 4.74 Å². The van der Waals surface area contributed by atoms with Gasteiger partial charge in [-0.2, -0.15) is 0 Å². The molecular weight excluding hydrogens is 1130 g/mol. The highest BCUT2D eigenvalue weighted by molar-refractivity contribution is 8.00. The average Bonchev–Trinajstić information content (AvgIpc) is 0.692. The summed E-state index contributed by atoms with van der Waals surface area (Å²) in [7, 11) is 0. The van der Waals surface area contributed by atoms with Crippen molar-refractivity contribution in [2.75, 3.05) is 19.6 Å². The van der Waals surface area contributed by atoms with Gasteiger partial charge in [0.05, 0.1) is 22.7 Å². The SMILES string of the molecule is c1ccc(-c2ccccc2N(c2ccccc2)c2cc3c4c(c2)N(c2ccccc2-c2ccccc2)c2cc5c(cc2B4c2ccccc2O3)B2c3ccccc3Sc3cc(N(c4ccccc4)c4ccccc4-c4ccccc4)cc(c32)N5c2ccccc2)cc1. The van der Waals surface area contributed by atoms with Crippen LogP contribution in [0.25, 0.3) is 33.4 Å². The van der Waals surface area contributed by atoms with Crippen molar-refractivity contribution >= 4 is 126 Å². The maximum Gasteiger partial charge on any atom is 0.256 e. The summed E-state index contributed by atoms with van der Waals surface area (Å²) in [6.07, 6.45) is 0. The van der Waals surface area contributed by atoms with Gasteiger partial charge < -0.3 is 24.3 Å². The quantitative estimate of drug-likeness (QED) is 0.120. The Morgan fingerprint density at radius 3 is 1.33 bits per heavy atom. The van der Waals surface area contributed by atoms with Crippen molar-refractivity contribution in [2.24, 2.45) is 0 Å². The van der Waals surface area contributed by atoms with Crippen molar-refractivity contribution in [3.63, 3.8) is 0 Å². The molecule has 0 unspecified atom stereocenters. The predicted octanol–water partition coefficient (Wildman–Crippen LogP) is 18.8. The predicted molar refractivity (Wildman–Crippen MR) is 388 cm³/mol. The first-order chi connectivity index (χ1) is 45.7. The van der Waals surface area contributed by atoms with Crippen LogP contribution < -0.4 is 57.1 Å². The molecule has 14 aromatic rings. The van der Waals surface area contributed by atoms with Crippen molar-refractivity contribution in [2.45, 2.75) is 9.79 Å². The van der Waals surface area contributed by atoms with Crippen LogP contribution in [0.1, 0.15) is 0 Å². The summed E-state index contributed by atoms with van der Waals surface area (Å²) >= 11 is 1.89. The van der Waals surface area contributed by atoms with E-state index < -0.39 is 0 Å². The van der Waals surface area contributed by atoms with Crippen LogP contribution >= 0.6 is 11.8 Å². The zero-order valence-corrected chi connectivity index (χ0v) is 50.9. The number of nitrogens with zero attached hydrogens (tertiary/aromatic N) is 4. The van der Waals surface area contributed by atoms with Gasteiger partial charge in [0.2, 0.25) is 6.71 Å². The summed E-state index contributed by atoms with van der Waals surface area (Å²) < 4.78 is 7.42. The maximum absolute atomic E-state index is 7.42. The molecule has 4 aliphatic heterocycles. The molecule has 0 amide bonds. The van der Waals surface area contributed by atoms with Crippen LogP contribution in [0, 0.1) is 0 Å². The lowest BCUT2D eigenvalue weighted by Crippen LogP contribution is -2.64. The smallest absolute Gasteiger partial charge is 0.256 e. The Balaban J connectivity index is 0.936. The van der Waals surface area contributed by atoms with E-state index in [1.165, 1.54) is 31.6 Å². The van der Waals surface area contributed by atoms with Gasteiger partial charge >= 0.3 is 0 Å². The van der Waals surface area contributed by atoms with E-state index in [1.54, 1.807) is 0 Å². The van der Waals surface area contributed by atoms with Crippen LogP contribution in [-0.2, 0) is 0 Å². The second kappa shape index (κ2) is 22.2. The van der Waals surface area contributed by atoms with Crippen LogP contribution in [-0.4, -0.2) is 13.4 Å². The lowest BCUT2D eigenvalue weighted by atomic mass is 9.31. The molecule has 0 atom stereocenters. The molecule has 8 heteroatoms. The number of hydrogen-bond donors (Lipinski definition) is 0. The minimum atomic E-state index is -0.202. The molecule has 0 radical (unpaired) electrons. The Labute approximate surface area is 541 Å². The van der Waals surface area contributed by atoms with Crippen molar-refractivity contribution < 1.29 is 4.74 Å². The van der Waals surface area contributed by atoms with E-state index in [9.17, 15) is 0 Å². The van der Waals surface area contributed by atoms with Gasteiger partial charge in [0.25, 0.3) is 6.71 Å². The number of fused-ring (bicyclic) bond motifs is 8. The summed E-state index contributed by atoms with van der Waals surface area (Å²) in [6.45, 7) is -0.312. The van der Waals surface area contributed by atoms with Crippen LogP contribution in [0.4, 0.5) is 68.2 Å². The van der Waals surface area contributed by atoms with Crippen molar-refractivity contribution in [1.29, 1.82) is 0 Å². The molecule has 430 valence electrons. The summed E-state index contributed by atoms with van der Waals surface area (Å²) in [4.78, 5) is 12.5. The molecule has 0 saturated heterocycles. The third-order valence-corrected chi connectivity index (χ3v) is 19.8. The highest BCUT2D eigenvalue weighted by Gasteiger charge is 2.48. The van der Waals surface area contributed by atoms with Gasteiger partial charge in [0.15, 0.2) is 0 Å². The third kappa shape index (κ3) is 8.81. The Morgan fingerprint density at radius 2 is 0.717 bits per heavy atom. The normalized spacial score (nSPS) is 12.7. The van der Waals surface area contributed by atoms with E-state index in [2.05, 4.69) is 359 Å². The van der Waals surface area contributed by atoms with Crippen LogP contribution in [0.3, 0.4) is 0 Å². The molecule has 0 aliphatic carbocycles. The second-order valence-corrected chi connectivity index (χ2v) is 25.0. The Kier molecular flexibility index (Phi) is 13.0. The molecule has 4 heterocycles. The molecule has 0 fully saturated rings. The van der Waals surface area contributed by atoms with Gasteiger partial charge in [0.1, 0.15) is 11.5 Å². The largest absolute Gasteiger partial charge is 0.458 e. The van der Waals surface area contributed by atoms with Crippen molar-refractivity contribution in [3.8, 4) is 44.9 Å². The molecule has 0 N–H and O–H groups in total. The molecule has 14 aromatic carbocycles.